The number of halogens is 1. The first-order chi connectivity index (χ1) is 16.9. The van der Waals surface area contributed by atoms with Crippen LogP contribution in [0, 0.1) is 34.5 Å². The Kier molecular flexibility index (Phi) is 5.07. The molecular weight excluding hydrogens is 463 g/mol. The molecule has 6 rings (SSSR count). The number of Topliss-reactive ketones (excluding diaryl/α,β-unsaturated/α-hetero) is 1. The number of carbonyl (C=O) groups is 1. The first kappa shape index (κ1) is 24.3. The fraction of sp³-hybridized carbons (Fsp3) is 0.714. The molecular formula is C28H37FN2O5. The number of ether oxygens (including phenoxy) is 3. The number of aryl methyl sites for hydroxylation is 1. The normalized spacial score (nSPS) is 43.8. The minimum absolute atomic E-state index is 0.0384. The Balaban J connectivity index is 1.54. The Bertz CT molecular complexity index is 1170. The van der Waals surface area contributed by atoms with Gasteiger partial charge in [0.25, 0.3) is 6.01 Å². The molecule has 8 heteroatoms. The lowest BCUT2D eigenvalue weighted by atomic mass is 9.59. The van der Waals surface area contributed by atoms with Gasteiger partial charge in [-0.25, -0.2) is 9.37 Å². The summed E-state index contributed by atoms with van der Waals surface area (Å²) in [5.74, 6) is -0.755. The molecule has 2 heterocycles. The summed E-state index contributed by atoms with van der Waals surface area (Å²) in [6.07, 6.45) is 6.34. The summed E-state index contributed by atoms with van der Waals surface area (Å²) in [7, 11) is 0. The van der Waals surface area contributed by atoms with Crippen LogP contribution in [-0.4, -0.2) is 57.3 Å². The molecule has 3 fully saturated rings. The van der Waals surface area contributed by atoms with E-state index in [1.807, 2.05) is 32.9 Å². The third-order valence-corrected chi connectivity index (χ3v) is 9.90. The summed E-state index contributed by atoms with van der Waals surface area (Å²) in [6.45, 7) is 11.9. The Morgan fingerprint density at radius 3 is 2.78 bits per heavy atom. The number of aliphatic hydroxyl groups is 1. The molecule has 1 saturated heterocycles. The highest BCUT2D eigenvalue weighted by Crippen LogP contribution is 2.72. The van der Waals surface area contributed by atoms with Crippen molar-refractivity contribution in [1.82, 2.24) is 9.55 Å². The van der Waals surface area contributed by atoms with Crippen LogP contribution in [0.15, 0.2) is 35.7 Å². The van der Waals surface area contributed by atoms with Crippen molar-refractivity contribution >= 4 is 5.78 Å². The van der Waals surface area contributed by atoms with E-state index >= 15 is 0 Å². The highest BCUT2D eigenvalue weighted by atomic mass is 19.1. The van der Waals surface area contributed by atoms with E-state index < -0.39 is 35.7 Å². The van der Waals surface area contributed by atoms with Crippen LogP contribution in [0.2, 0.25) is 0 Å². The van der Waals surface area contributed by atoms with Gasteiger partial charge in [-0.1, -0.05) is 32.9 Å². The molecule has 0 aromatic carbocycles. The van der Waals surface area contributed by atoms with Crippen LogP contribution in [-0.2, 0) is 20.8 Å². The molecule has 7 nitrogen and oxygen atoms in total. The lowest BCUT2D eigenvalue weighted by molar-refractivity contribution is -0.301. The summed E-state index contributed by atoms with van der Waals surface area (Å²) in [5.41, 5.74) is -1.30. The standard InChI is InChI=1S/C28H37FN2O5/c1-15-13-27-16(2)11-19-20(25(19,3)4)18(21(27)32)12-17-14-34-26(5,6)36-23(17)28(27,33)22(15)35-24-30-8-10-31(24)9-7-29/h8,10,12-13,16,18-20,22-23,33H,7,9,11,14H2,1-6H3/t16?,18-,19?,20?,22-,23+,27?,28+/m0/s1. The average Bonchev–Trinajstić information content (AvgIpc) is 3.06. The summed E-state index contributed by atoms with van der Waals surface area (Å²) in [5, 5.41) is 13.0. The molecule has 0 amide bonds. The molecule has 36 heavy (non-hydrogen) atoms. The molecule has 196 valence electrons. The summed E-state index contributed by atoms with van der Waals surface area (Å²) < 4.78 is 33.7. The van der Waals surface area contributed by atoms with Crippen molar-refractivity contribution in [1.29, 1.82) is 0 Å². The highest BCUT2D eigenvalue weighted by Gasteiger charge is 2.77. The van der Waals surface area contributed by atoms with E-state index in [2.05, 4.69) is 25.8 Å². The predicted octanol–water partition coefficient (Wildman–Crippen LogP) is 3.87. The number of ketones is 1. The molecule has 8 atom stereocenters. The van der Waals surface area contributed by atoms with Crippen molar-refractivity contribution in [2.45, 2.75) is 78.1 Å². The van der Waals surface area contributed by atoms with Crippen LogP contribution in [0.4, 0.5) is 4.39 Å². The summed E-state index contributed by atoms with van der Waals surface area (Å²) in [4.78, 5) is 19.0. The van der Waals surface area contributed by atoms with Crippen LogP contribution < -0.4 is 4.74 Å². The molecule has 4 aliphatic carbocycles. The van der Waals surface area contributed by atoms with Gasteiger partial charge >= 0.3 is 0 Å². The van der Waals surface area contributed by atoms with Crippen LogP contribution >= 0.6 is 0 Å². The second-order valence-corrected chi connectivity index (χ2v) is 12.6. The second kappa shape index (κ2) is 7.51. The zero-order valence-electron chi connectivity index (χ0n) is 22.0. The van der Waals surface area contributed by atoms with Gasteiger partial charge < -0.3 is 19.3 Å². The van der Waals surface area contributed by atoms with Gasteiger partial charge in [0.15, 0.2) is 23.3 Å². The number of aromatic nitrogens is 2. The van der Waals surface area contributed by atoms with Gasteiger partial charge in [-0.05, 0) is 61.5 Å². The number of hydrogen-bond acceptors (Lipinski definition) is 6. The lowest BCUT2D eigenvalue weighted by Crippen LogP contribution is -2.68. The Morgan fingerprint density at radius 2 is 2.06 bits per heavy atom. The van der Waals surface area contributed by atoms with Gasteiger partial charge in [0.2, 0.25) is 0 Å². The molecule has 2 saturated carbocycles. The number of carbonyl (C=O) groups excluding carboxylic acids is 1. The van der Waals surface area contributed by atoms with Crippen LogP contribution in [0.1, 0.15) is 48.0 Å². The number of rotatable bonds is 4. The van der Waals surface area contributed by atoms with Gasteiger partial charge in [0.1, 0.15) is 12.8 Å². The minimum Gasteiger partial charge on any atom is -0.454 e. The van der Waals surface area contributed by atoms with Gasteiger partial charge in [0, 0.05) is 18.3 Å². The van der Waals surface area contributed by atoms with Crippen LogP contribution in [0.3, 0.4) is 0 Å². The maximum absolute atomic E-state index is 14.7. The maximum Gasteiger partial charge on any atom is 0.297 e. The zero-order chi connectivity index (χ0) is 25.8. The Labute approximate surface area is 211 Å². The van der Waals surface area contributed by atoms with Crippen molar-refractivity contribution in [2.75, 3.05) is 13.3 Å². The first-order valence-corrected chi connectivity index (χ1v) is 13.1. The minimum atomic E-state index is -1.72. The molecule has 4 unspecified atom stereocenters. The topological polar surface area (TPSA) is 82.8 Å². The van der Waals surface area contributed by atoms with E-state index in [4.69, 9.17) is 14.2 Å². The smallest absolute Gasteiger partial charge is 0.297 e. The number of nitrogens with zero attached hydrogens (tertiary/aromatic N) is 2. The summed E-state index contributed by atoms with van der Waals surface area (Å²) in [6, 6.07) is 0.214. The monoisotopic (exact) mass is 500 g/mol. The first-order valence-electron chi connectivity index (χ1n) is 13.1. The highest BCUT2D eigenvalue weighted by molar-refractivity contribution is 5.95. The Morgan fingerprint density at radius 1 is 1.31 bits per heavy atom. The van der Waals surface area contributed by atoms with E-state index in [-0.39, 0.29) is 48.1 Å². The zero-order valence-corrected chi connectivity index (χ0v) is 22.0. The molecule has 1 aliphatic heterocycles. The summed E-state index contributed by atoms with van der Waals surface area (Å²) >= 11 is 0. The van der Waals surface area contributed by atoms with Crippen molar-refractivity contribution in [2.24, 2.45) is 34.5 Å². The second-order valence-electron chi connectivity index (χ2n) is 12.6. The van der Waals surface area contributed by atoms with E-state index in [0.717, 1.165) is 17.6 Å². The fourth-order valence-corrected chi connectivity index (χ4v) is 8.08. The van der Waals surface area contributed by atoms with Crippen molar-refractivity contribution < 1.29 is 28.5 Å². The van der Waals surface area contributed by atoms with Gasteiger partial charge in [-0.2, -0.15) is 0 Å². The van der Waals surface area contributed by atoms with Gasteiger partial charge in [-0.15, -0.1) is 0 Å². The van der Waals surface area contributed by atoms with Crippen molar-refractivity contribution in [3.8, 4) is 6.01 Å². The van der Waals surface area contributed by atoms with Crippen molar-refractivity contribution in [3.63, 3.8) is 0 Å². The van der Waals surface area contributed by atoms with E-state index in [0.29, 0.717) is 5.92 Å². The number of imidazole rings is 1. The number of hydrogen-bond donors (Lipinski definition) is 1. The third-order valence-electron chi connectivity index (χ3n) is 9.90. The van der Waals surface area contributed by atoms with Crippen LogP contribution in [0.25, 0.3) is 0 Å². The molecule has 0 radical (unpaired) electrons. The molecule has 2 bridgehead atoms. The lowest BCUT2D eigenvalue weighted by Gasteiger charge is -2.52. The molecule has 1 spiro atoms. The number of alkyl halides is 1. The van der Waals surface area contributed by atoms with E-state index in [9.17, 15) is 14.3 Å². The fourth-order valence-electron chi connectivity index (χ4n) is 8.08. The number of allylic oxidation sites excluding steroid dienone is 1. The van der Waals surface area contributed by atoms with Gasteiger partial charge in [0.05, 0.1) is 18.6 Å². The molecule has 1 N–H and O–H groups in total. The van der Waals surface area contributed by atoms with Gasteiger partial charge in [-0.3, -0.25) is 9.36 Å². The predicted molar refractivity (Wildman–Crippen MR) is 130 cm³/mol. The number of fused-ring (bicyclic) bond motifs is 5. The van der Waals surface area contributed by atoms with E-state index in [1.165, 1.54) is 0 Å². The Hall–Kier alpha value is -2.03. The van der Waals surface area contributed by atoms with Crippen LogP contribution in [0.5, 0.6) is 6.01 Å². The molecule has 1 aromatic heterocycles. The largest absolute Gasteiger partial charge is 0.454 e. The quantitative estimate of drug-likeness (QED) is 0.632. The maximum atomic E-state index is 14.7. The molecule has 1 aromatic rings. The average molecular weight is 501 g/mol. The SMILES string of the molecule is CC1=CC23C(=O)[C@@H](C=C4COC(C)(C)O[C@H]4[C@]2(O)[C@H]1Oc1nccn1CCF)C1C(CC3C)C1(C)C. The third kappa shape index (κ3) is 2.95. The van der Waals surface area contributed by atoms with E-state index in [1.54, 1.807) is 17.0 Å². The molecule has 5 aliphatic rings. The van der Waals surface area contributed by atoms with Crippen molar-refractivity contribution in [3.05, 3.63) is 35.7 Å².